The Morgan fingerprint density at radius 1 is 1.04 bits per heavy atom. The number of hydrogen-bond acceptors (Lipinski definition) is 2. The van der Waals surface area contributed by atoms with Gasteiger partial charge in [-0.2, -0.15) is 5.10 Å². The number of carbonyl (C=O) groups is 1. The minimum absolute atomic E-state index is 0.00298. The molecule has 0 aliphatic carbocycles. The number of para-hydroxylation sites is 1. The summed E-state index contributed by atoms with van der Waals surface area (Å²) in [6, 6.07) is 22.1. The van der Waals surface area contributed by atoms with Gasteiger partial charge in [0, 0.05) is 23.3 Å². The maximum atomic E-state index is 12.6. The number of hydrogen-bond donors (Lipinski definition) is 1. The second kappa shape index (κ2) is 6.50. The zero-order valence-corrected chi connectivity index (χ0v) is 16.1. The molecule has 3 aromatic carbocycles. The van der Waals surface area contributed by atoms with E-state index in [1.807, 2.05) is 55.5 Å². The molecular formula is C23H18ClN3O. The highest BCUT2D eigenvalue weighted by Crippen LogP contribution is 2.44. The first-order valence-corrected chi connectivity index (χ1v) is 9.63. The Bertz CT molecular complexity index is 1210. The quantitative estimate of drug-likeness (QED) is 0.496. The van der Waals surface area contributed by atoms with Gasteiger partial charge in [0.2, 0.25) is 5.91 Å². The molecule has 28 heavy (non-hydrogen) atoms. The molecule has 0 saturated heterocycles. The van der Waals surface area contributed by atoms with E-state index in [1.54, 1.807) is 4.68 Å². The van der Waals surface area contributed by atoms with Crippen molar-refractivity contribution >= 4 is 34.0 Å². The summed E-state index contributed by atoms with van der Waals surface area (Å²) in [5, 5.41) is 10.4. The standard InChI is InChI=1S/C23H18ClN3O/c1-14-21(23(24)27(26-14)16-8-3-2-4-9-16)19-13-20(28)25-22-17-10-6-5-7-15(17)11-12-18(19)22/h2-12,19H,13H2,1H3,(H,25,28)/t19-/m1/s1. The Morgan fingerprint density at radius 3 is 2.61 bits per heavy atom. The van der Waals surface area contributed by atoms with E-state index in [0.717, 1.165) is 39.0 Å². The Balaban J connectivity index is 1.71. The number of nitrogens with zero attached hydrogens (tertiary/aromatic N) is 2. The molecule has 0 unspecified atom stereocenters. The Kier molecular flexibility index (Phi) is 3.95. The fourth-order valence-corrected chi connectivity index (χ4v) is 4.51. The van der Waals surface area contributed by atoms with Gasteiger partial charge in [0.05, 0.1) is 17.1 Å². The maximum Gasteiger partial charge on any atom is 0.225 e. The lowest BCUT2D eigenvalue weighted by Crippen LogP contribution is -2.24. The minimum Gasteiger partial charge on any atom is -0.325 e. The van der Waals surface area contributed by atoms with Crippen molar-refractivity contribution in [1.29, 1.82) is 0 Å². The Morgan fingerprint density at radius 2 is 1.79 bits per heavy atom. The molecule has 0 saturated carbocycles. The van der Waals surface area contributed by atoms with Gasteiger partial charge in [-0.1, -0.05) is 66.2 Å². The predicted molar refractivity (Wildman–Crippen MR) is 112 cm³/mol. The molecule has 1 amide bonds. The lowest BCUT2D eigenvalue weighted by atomic mass is 9.83. The van der Waals surface area contributed by atoms with E-state index in [2.05, 4.69) is 28.6 Å². The zero-order valence-electron chi connectivity index (χ0n) is 15.3. The fourth-order valence-electron chi connectivity index (χ4n) is 4.11. The third kappa shape index (κ3) is 2.60. The van der Waals surface area contributed by atoms with Crippen molar-refractivity contribution in [1.82, 2.24) is 9.78 Å². The molecule has 4 nitrogen and oxygen atoms in total. The molecule has 0 spiro atoms. The summed E-state index contributed by atoms with van der Waals surface area (Å²) in [5.74, 6) is -0.130. The molecule has 1 aliphatic rings. The SMILES string of the molecule is Cc1nn(-c2ccccc2)c(Cl)c1[C@@H]1CC(=O)Nc2c1ccc1ccccc21. The number of nitrogens with one attached hydrogen (secondary N) is 1. The number of anilines is 1. The van der Waals surface area contributed by atoms with Crippen LogP contribution in [-0.2, 0) is 4.79 Å². The Labute approximate surface area is 167 Å². The number of fused-ring (bicyclic) bond motifs is 3. The van der Waals surface area contributed by atoms with Gasteiger partial charge in [-0.15, -0.1) is 0 Å². The van der Waals surface area contributed by atoms with Crippen LogP contribution in [0.3, 0.4) is 0 Å². The van der Waals surface area contributed by atoms with Crippen LogP contribution in [0.1, 0.15) is 29.2 Å². The van der Waals surface area contributed by atoms with E-state index in [1.165, 1.54) is 0 Å². The van der Waals surface area contributed by atoms with Crippen LogP contribution in [0, 0.1) is 6.92 Å². The highest BCUT2D eigenvalue weighted by atomic mass is 35.5. The number of rotatable bonds is 2. The van der Waals surface area contributed by atoms with Gasteiger partial charge in [-0.05, 0) is 30.0 Å². The van der Waals surface area contributed by atoms with Crippen molar-refractivity contribution in [3.63, 3.8) is 0 Å². The van der Waals surface area contributed by atoms with Crippen molar-refractivity contribution in [3.8, 4) is 5.69 Å². The summed E-state index contributed by atoms with van der Waals surface area (Å²) in [6.45, 7) is 1.95. The summed E-state index contributed by atoms with van der Waals surface area (Å²) >= 11 is 6.80. The van der Waals surface area contributed by atoms with Gasteiger partial charge >= 0.3 is 0 Å². The van der Waals surface area contributed by atoms with Crippen LogP contribution < -0.4 is 5.32 Å². The van der Waals surface area contributed by atoms with Gasteiger partial charge in [0.15, 0.2) is 0 Å². The summed E-state index contributed by atoms with van der Waals surface area (Å²) < 4.78 is 1.75. The van der Waals surface area contributed by atoms with Crippen LogP contribution in [0.2, 0.25) is 5.15 Å². The van der Waals surface area contributed by atoms with Crippen molar-refractivity contribution in [2.75, 3.05) is 5.32 Å². The molecule has 0 radical (unpaired) electrons. The summed E-state index contributed by atoms with van der Waals surface area (Å²) in [5.41, 5.74) is 4.61. The average Bonchev–Trinajstić information content (AvgIpc) is 3.02. The van der Waals surface area contributed by atoms with Crippen molar-refractivity contribution in [3.05, 3.63) is 88.7 Å². The average molecular weight is 388 g/mol. The van der Waals surface area contributed by atoms with E-state index >= 15 is 0 Å². The molecule has 1 aliphatic heterocycles. The minimum atomic E-state index is -0.127. The first-order chi connectivity index (χ1) is 13.6. The van der Waals surface area contributed by atoms with Crippen LogP contribution in [0.25, 0.3) is 16.5 Å². The molecule has 1 atom stereocenters. The first kappa shape index (κ1) is 17.0. The Hall–Kier alpha value is -3.11. The highest BCUT2D eigenvalue weighted by molar-refractivity contribution is 6.31. The maximum absolute atomic E-state index is 12.6. The normalized spacial score (nSPS) is 16.1. The van der Waals surface area contributed by atoms with Gasteiger partial charge in [0.1, 0.15) is 5.15 Å². The summed E-state index contributed by atoms with van der Waals surface area (Å²) in [4.78, 5) is 12.6. The van der Waals surface area contributed by atoms with E-state index < -0.39 is 0 Å². The monoisotopic (exact) mass is 387 g/mol. The predicted octanol–water partition coefficient (Wildman–Crippen LogP) is 5.46. The molecule has 5 heteroatoms. The second-order valence-electron chi connectivity index (χ2n) is 7.09. The van der Waals surface area contributed by atoms with E-state index in [0.29, 0.717) is 11.6 Å². The molecule has 0 bridgehead atoms. The lowest BCUT2D eigenvalue weighted by molar-refractivity contribution is -0.116. The van der Waals surface area contributed by atoms with E-state index in [4.69, 9.17) is 11.6 Å². The molecule has 138 valence electrons. The van der Waals surface area contributed by atoms with Crippen molar-refractivity contribution in [2.24, 2.45) is 0 Å². The molecule has 5 rings (SSSR count). The van der Waals surface area contributed by atoms with Crippen molar-refractivity contribution in [2.45, 2.75) is 19.3 Å². The molecule has 1 aromatic heterocycles. The van der Waals surface area contributed by atoms with Crippen molar-refractivity contribution < 1.29 is 4.79 Å². The van der Waals surface area contributed by atoms with Gasteiger partial charge < -0.3 is 5.32 Å². The largest absolute Gasteiger partial charge is 0.325 e. The van der Waals surface area contributed by atoms with E-state index in [9.17, 15) is 4.79 Å². The number of halogens is 1. The second-order valence-corrected chi connectivity index (χ2v) is 7.45. The first-order valence-electron chi connectivity index (χ1n) is 9.25. The van der Waals surface area contributed by atoms with Crippen LogP contribution in [-0.4, -0.2) is 15.7 Å². The highest BCUT2D eigenvalue weighted by Gasteiger charge is 2.32. The number of benzene rings is 3. The number of aromatic nitrogens is 2. The molecular weight excluding hydrogens is 370 g/mol. The molecule has 2 heterocycles. The zero-order chi connectivity index (χ0) is 19.3. The van der Waals surface area contributed by atoms with Crippen LogP contribution in [0.5, 0.6) is 0 Å². The molecule has 4 aromatic rings. The van der Waals surface area contributed by atoms with E-state index in [-0.39, 0.29) is 11.8 Å². The summed E-state index contributed by atoms with van der Waals surface area (Å²) in [6.07, 6.45) is 0.354. The van der Waals surface area contributed by atoms with Gasteiger partial charge in [-0.25, -0.2) is 4.68 Å². The lowest BCUT2D eigenvalue weighted by Gasteiger charge is -2.27. The fraction of sp³-hybridized carbons (Fsp3) is 0.130. The van der Waals surface area contributed by atoms with Gasteiger partial charge in [-0.3, -0.25) is 4.79 Å². The summed E-state index contributed by atoms with van der Waals surface area (Å²) in [7, 11) is 0. The smallest absolute Gasteiger partial charge is 0.225 e. The van der Waals surface area contributed by atoms with Crippen LogP contribution in [0.4, 0.5) is 5.69 Å². The number of aryl methyl sites for hydroxylation is 1. The number of amides is 1. The number of carbonyl (C=O) groups excluding carboxylic acids is 1. The van der Waals surface area contributed by atoms with Crippen LogP contribution >= 0.6 is 11.6 Å². The molecule has 1 N–H and O–H groups in total. The van der Waals surface area contributed by atoms with Gasteiger partial charge in [0.25, 0.3) is 0 Å². The third-order valence-electron chi connectivity index (χ3n) is 5.39. The topological polar surface area (TPSA) is 46.9 Å². The molecule has 0 fully saturated rings. The third-order valence-corrected chi connectivity index (χ3v) is 5.75. The van der Waals surface area contributed by atoms with Crippen LogP contribution in [0.15, 0.2) is 66.7 Å².